The predicted octanol–water partition coefficient (Wildman–Crippen LogP) is 2.91. The number of carbonyl (C=O) groups is 1. The van der Waals surface area contributed by atoms with E-state index in [1.54, 1.807) is 30.6 Å². The van der Waals surface area contributed by atoms with E-state index in [1.165, 1.54) is 0 Å². The van der Waals surface area contributed by atoms with Crippen molar-refractivity contribution in [3.05, 3.63) is 48.3 Å². The van der Waals surface area contributed by atoms with E-state index in [9.17, 15) is 4.79 Å². The van der Waals surface area contributed by atoms with Crippen LogP contribution >= 0.6 is 0 Å². The second-order valence-corrected chi connectivity index (χ2v) is 6.55. The molecule has 6 nitrogen and oxygen atoms in total. The predicted molar refractivity (Wildman–Crippen MR) is 92.3 cm³/mol. The first-order valence-electron chi connectivity index (χ1n) is 8.11. The van der Waals surface area contributed by atoms with Gasteiger partial charge in [-0.3, -0.25) is 4.79 Å². The van der Waals surface area contributed by atoms with Gasteiger partial charge >= 0.3 is 0 Å². The SMILES string of the molecule is CC1(C)C[C@H](NC(=O)c2ccc(Nc3ncccn3)cc2)CCO1. The molecule has 2 aromatic rings. The van der Waals surface area contributed by atoms with Gasteiger partial charge in [0.05, 0.1) is 5.60 Å². The highest BCUT2D eigenvalue weighted by atomic mass is 16.5. The molecular formula is C18H22N4O2. The van der Waals surface area contributed by atoms with Gasteiger partial charge in [-0.2, -0.15) is 0 Å². The fourth-order valence-electron chi connectivity index (χ4n) is 2.82. The molecule has 1 aliphatic rings. The summed E-state index contributed by atoms with van der Waals surface area (Å²) in [4.78, 5) is 20.6. The molecule has 3 rings (SSSR count). The van der Waals surface area contributed by atoms with Crippen LogP contribution in [0.2, 0.25) is 0 Å². The third-order valence-corrected chi connectivity index (χ3v) is 4.00. The molecule has 1 saturated heterocycles. The summed E-state index contributed by atoms with van der Waals surface area (Å²) in [6.07, 6.45) is 5.02. The Morgan fingerprint density at radius 2 is 1.92 bits per heavy atom. The van der Waals surface area contributed by atoms with Gasteiger partial charge in [-0.15, -0.1) is 0 Å². The third-order valence-electron chi connectivity index (χ3n) is 4.00. The molecule has 6 heteroatoms. The van der Waals surface area contributed by atoms with Crippen molar-refractivity contribution in [3.63, 3.8) is 0 Å². The van der Waals surface area contributed by atoms with Gasteiger partial charge in [-0.25, -0.2) is 9.97 Å². The molecule has 1 amide bonds. The normalized spacial score (nSPS) is 19.5. The van der Waals surface area contributed by atoms with Crippen molar-refractivity contribution in [3.8, 4) is 0 Å². The summed E-state index contributed by atoms with van der Waals surface area (Å²) < 4.78 is 5.68. The van der Waals surface area contributed by atoms with Crippen molar-refractivity contribution in [2.24, 2.45) is 0 Å². The third kappa shape index (κ3) is 4.29. The monoisotopic (exact) mass is 326 g/mol. The van der Waals surface area contributed by atoms with Gasteiger partial charge in [-0.05, 0) is 57.0 Å². The lowest BCUT2D eigenvalue weighted by Gasteiger charge is -2.35. The Kier molecular flexibility index (Phi) is 4.76. The zero-order valence-corrected chi connectivity index (χ0v) is 14.0. The Bertz CT molecular complexity index is 686. The van der Waals surface area contributed by atoms with E-state index < -0.39 is 0 Å². The minimum absolute atomic E-state index is 0.0554. The Morgan fingerprint density at radius 3 is 2.58 bits per heavy atom. The highest BCUT2D eigenvalue weighted by Crippen LogP contribution is 2.24. The second-order valence-electron chi connectivity index (χ2n) is 6.55. The molecule has 0 saturated carbocycles. The average molecular weight is 326 g/mol. The molecule has 0 aliphatic carbocycles. The summed E-state index contributed by atoms with van der Waals surface area (Å²) in [7, 11) is 0. The van der Waals surface area contributed by atoms with Crippen LogP contribution in [0.3, 0.4) is 0 Å². The van der Waals surface area contributed by atoms with E-state index in [0.717, 1.165) is 18.5 Å². The van der Waals surface area contributed by atoms with Crippen LogP contribution in [-0.4, -0.2) is 34.1 Å². The smallest absolute Gasteiger partial charge is 0.251 e. The molecule has 0 spiro atoms. The lowest BCUT2D eigenvalue weighted by Crippen LogP contribution is -2.45. The number of amides is 1. The molecule has 126 valence electrons. The fourth-order valence-corrected chi connectivity index (χ4v) is 2.82. The van der Waals surface area contributed by atoms with E-state index in [0.29, 0.717) is 18.1 Å². The minimum Gasteiger partial charge on any atom is -0.375 e. The maximum Gasteiger partial charge on any atom is 0.251 e. The van der Waals surface area contributed by atoms with Crippen molar-refractivity contribution in [1.29, 1.82) is 0 Å². The average Bonchev–Trinajstić information content (AvgIpc) is 2.55. The van der Waals surface area contributed by atoms with Gasteiger partial charge in [0.15, 0.2) is 0 Å². The highest BCUT2D eigenvalue weighted by Gasteiger charge is 2.29. The van der Waals surface area contributed by atoms with E-state index in [-0.39, 0.29) is 17.6 Å². The van der Waals surface area contributed by atoms with E-state index in [1.807, 2.05) is 12.1 Å². The minimum atomic E-state index is -0.181. The Hall–Kier alpha value is -2.47. The van der Waals surface area contributed by atoms with Crippen LogP contribution in [0, 0.1) is 0 Å². The fraction of sp³-hybridized carbons (Fsp3) is 0.389. The van der Waals surface area contributed by atoms with Crippen molar-refractivity contribution in [1.82, 2.24) is 15.3 Å². The molecule has 2 heterocycles. The van der Waals surface area contributed by atoms with Crippen LogP contribution in [-0.2, 0) is 4.74 Å². The second kappa shape index (κ2) is 6.97. The summed E-state index contributed by atoms with van der Waals surface area (Å²) in [5, 5.41) is 6.19. The Labute approximate surface area is 141 Å². The Balaban J connectivity index is 1.59. The number of nitrogens with one attached hydrogen (secondary N) is 2. The van der Waals surface area contributed by atoms with Crippen molar-refractivity contribution < 1.29 is 9.53 Å². The molecule has 1 aromatic carbocycles. The van der Waals surface area contributed by atoms with Crippen LogP contribution < -0.4 is 10.6 Å². The van der Waals surface area contributed by atoms with Gasteiger partial charge in [0.2, 0.25) is 5.95 Å². The topological polar surface area (TPSA) is 76.1 Å². The lowest BCUT2D eigenvalue weighted by molar-refractivity contribution is -0.0615. The summed E-state index contributed by atoms with van der Waals surface area (Å²) in [5.41, 5.74) is 1.29. The van der Waals surface area contributed by atoms with Crippen LogP contribution in [0.25, 0.3) is 0 Å². The first-order valence-corrected chi connectivity index (χ1v) is 8.11. The van der Waals surface area contributed by atoms with E-state index in [4.69, 9.17) is 4.74 Å². The van der Waals surface area contributed by atoms with Crippen molar-refractivity contribution >= 4 is 17.5 Å². The number of hydrogen-bond donors (Lipinski definition) is 2. The number of nitrogens with zero attached hydrogens (tertiary/aromatic N) is 2. The molecule has 0 radical (unpaired) electrons. The van der Waals surface area contributed by atoms with Crippen LogP contribution in [0.15, 0.2) is 42.7 Å². The Morgan fingerprint density at radius 1 is 1.21 bits per heavy atom. The van der Waals surface area contributed by atoms with Gasteiger partial charge in [0.25, 0.3) is 5.91 Å². The summed E-state index contributed by atoms with van der Waals surface area (Å²) in [6, 6.07) is 9.20. The number of aromatic nitrogens is 2. The molecular weight excluding hydrogens is 304 g/mol. The number of benzene rings is 1. The zero-order valence-electron chi connectivity index (χ0n) is 14.0. The van der Waals surface area contributed by atoms with Crippen molar-refractivity contribution in [2.45, 2.75) is 38.3 Å². The van der Waals surface area contributed by atoms with Gasteiger partial charge in [-0.1, -0.05) is 0 Å². The first kappa shape index (κ1) is 16.4. The largest absolute Gasteiger partial charge is 0.375 e. The quantitative estimate of drug-likeness (QED) is 0.903. The highest BCUT2D eigenvalue weighted by molar-refractivity contribution is 5.94. The summed E-state index contributed by atoms with van der Waals surface area (Å²) in [5.74, 6) is 0.472. The lowest BCUT2D eigenvalue weighted by atomic mass is 9.94. The number of carbonyl (C=O) groups excluding carboxylic acids is 1. The summed E-state index contributed by atoms with van der Waals surface area (Å²) >= 11 is 0. The molecule has 1 aliphatic heterocycles. The van der Waals surface area contributed by atoms with Crippen LogP contribution in [0.4, 0.5) is 11.6 Å². The van der Waals surface area contributed by atoms with Crippen LogP contribution in [0.1, 0.15) is 37.0 Å². The molecule has 1 atom stereocenters. The van der Waals surface area contributed by atoms with Gasteiger partial charge in [0.1, 0.15) is 0 Å². The number of rotatable bonds is 4. The molecule has 24 heavy (non-hydrogen) atoms. The molecule has 1 fully saturated rings. The number of ether oxygens (including phenoxy) is 1. The number of hydrogen-bond acceptors (Lipinski definition) is 5. The maximum atomic E-state index is 12.4. The summed E-state index contributed by atoms with van der Waals surface area (Å²) in [6.45, 7) is 4.78. The molecule has 0 unspecified atom stereocenters. The van der Waals surface area contributed by atoms with Crippen molar-refractivity contribution in [2.75, 3.05) is 11.9 Å². The van der Waals surface area contributed by atoms with Gasteiger partial charge in [0, 0.05) is 36.3 Å². The van der Waals surface area contributed by atoms with E-state index >= 15 is 0 Å². The maximum absolute atomic E-state index is 12.4. The van der Waals surface area contributed by atoms with Gasteiger partial charge < -0.3 is 15.4 Å². The number of anilines is 2. The molecule has 1 aromatic heterocycles. The standard InChI is InChI=1S/C18H22N4O2/c1-18(2)12-15(8-11-24-18)21-16(23)13-4-6-14(7-5-13)22-17-19-9-3-10-20-17/h3-7,9-10,15H,8,11-12H2,1-2H3,(H,21,23)(H,19,20,22)/t15-/m1/s1. The molecule has 0 bridgehead atoms. The van der Waals surface area contributed by atoms with Crippen LogP contribution in [0.5, 0.6) is 0 Å². The first-order chi connectivity index (χ1) is 11.5. The molecule has 2 N–H and O–H groups in total. The van der Waals surface area contributed by atoms with E-state index in [2.05, 4.69) is 34.4 Å². The zero-order chi connectivity index (χ0) is 17.0.